The van der Waals surface area contributed by atoms with E-state index in [1.807, 2.05) is 0 Å². The van der Waals surface area contributed by atoms with Crippen LogP contribution in [0.3, 0.4) is 0 Å². The van der Waals surface area contributed by atoms with Crippen LogP contribution in [0.15, 0.2) is 18.3 Å². The van der Waals surface area contributed by atoms with Crippen LogP contribution in [0.4, 0.5) is 10.5 Å². The number of rotatable bonds is 3. The molecule has 19 heavy (non-hydrogen) atoms. The van der Waals surface area contributed by atoms with Gasteiger partial charge in [-0.25, -0.2) is 9.78 Å². The van der Waals surface area contributed by atoms with E-state index in [4.69, 9.17) is 4.74 Å². The number of hydrogen-bond acceptors (Lipinski definition) is 4. The molecule has 1 aromatic rings. The van der Waals surface area contributed by atoms with Crippen LogP contribution >= 0.6 is 0 Å². The topological polar surface area (TPSA) is 92.3 Å². The van der Waals surface area contributed by atoms with Gasteiger partial charge in [-0.3, -0.25) is 4.79 Å². The SMILES string of the molecule is COc1ncccc1NC(=O)NC1CCCNC1=O. The molecular formula is C12H16N4O3. The van der Waals surface area contributed by atoms with E-state index in [1.54, 1.807) is 18.3 Å². The molecule has 1 aromatic heterocycles. The van der Waals surface area contributed by atoms with E-state index in [1.165, 1.54) is 7.11 Å². The van der Waals surface area contributed by atoms with Crippen LogP contribution in [-0.4, -0.2) is 36.6 Å². The molecule has 1 saturated heterocycles. The molecule has 2 heterocycles. The molecule has 3 amide bonds. The summed E-state index contributed by atoms with van der Waals surface area (Å²) in [5.74, 6) is 0.172. The van der Waals surface area contributed by atoms with Gasteiger partial charge in [0.05, 0.1) is 7.11 Å². The van der Waals surface area contributed by atoms with Crippen molar-refractivity contribution in [1.29, 1.82) is 0 Å². The molecule has 0 bridgehead atoms. The Labute approximate surface area is 110 Å². The fraction of sp³-hybridized carbons (Fsp3) is 0.417. The summed E-state index contributed by atoms with van der Waals surface area (Å²) < 4.78 is 5.02. The Morgan fingerprint density at radius 3 is 3.16 bits per heavy atom. The summed E-state index contributed by atoms with van der Waals surface area (Å²) in [6.07, 6.45) is 3.06. The zero-order chi connectivity index (χ0) is 13.7. The van der Waals surface area contributed by atoms with Crippen LogP contribution in [0.25, 0.3) is 0 Å². The van der Waals surface area contributed by atoms with Gasteiger partial charge in [0.2, 0.25) is 11.8 Å². The molecule has 7 nitrogen and oxygen atoms in total. The summed E-state index contributed by atoms with van der Waals surface area (Å²) >= 11 is 0. The molecule has 7 heteroatoms. The molecule has 0 saturated carbocycles. The number of nitrogens with zero attached hydrogens (tertiary/aromatic N) is 1. The number of ether oxygens (including phenoxy) is 1. The number of urea groups is 1. The van der Waals surface area contributed by atoms with Crippen LogP contribution in [0, 0.1) is 0 Å². The van der Waals surface area contributed by atoms with Gasteiger partial charge in [0.1, 0.15) is 11.7 Å². The van der Waals surface area contributed by atoms with Gasteiger partial charge >= 0.3 is 6.03 Å². The fourth-order valence-corrected chi connectivity index (χ4v) is 1.88. The molecule has 1 aliphatic heterocycles. The Morgan fingerprint density at radius 1 is 1.58 bits per heavy atom. The normalized spacial score (nSPS) is 18.4. The minimum Gasteiger partial charge on any atom is -0.480 e. The maximum atomic E-state index is 11.8. The Morgan fingerprint density at radius 2 is 2.42 bits per heavy atom. The Bertz CT molecular complexity index is 478. The number of hydrogen-bond donors (Lipinski definition) is 3. The second-order valence-electron chi connectivity index (χ2n) is 4.14. The number of carbonyl (C=O) groups excluding carboxylic acids is 2. The molecular weight excluding hydrogens is 248 g/mol. The highest BCUT2D eigenvalue weighted by atomic mass is 16.5. The van der Waals surface area contributed by atoms with Gasteiger partial charge in [0, 0.05) is 12.7 Å². The van der Waals surface area contributed by atoms with E-state index in [9.17, 15) is 9.59 Å². The third kappa shape index (κ3) is 3.34. The summed E-state index contributed by atoms with van der Waals surface area (Å²) in [7, 11) is 1.47. The molecule has 0 radical (unpaired) electrons. The summed E-state index contributed by atoms with van der Waals surface area (Å²) in [5.41, 5.74) is 0.457. The second kappa shape index (κ2) is 6.03. The fourth-order valence-electron chi connectivity index (χ4n) is 1.88. The van der Waals surface area contributed by atoms with Crippen molar-refractivity contribution in [1.82, 2.24) is 15.6 Å². The Kier molecular flexibility index (Phi) is 4.17. The Balaban J connectivity index is 1.95. The molecule has 1 unspecified atom stereocenters. The summed E-state index contributed by atoms with van der Waals surface area (Å²) in [6.45, 7) is 0.662. The van der Waals surface area contributed by atoms with E-state index in [2.05, 4.69) is 20.9 Å². The molecule has 2 rings (SSSR count). The van der Waals surface area contributed by atoms with Crippen molar-refractivity contribution in [2.24, 2.45) is 0 Å². The summed E-state index contributed by atoms with van der Waals surface area (Å²) in [6, 6.07) is 2.42. The average molecular weight is 264 g/mol. The van der Waals surface area contributed by atoms with Crippen LogP contribution in [-0.2, 0) is 4.79 Å². The van der Waals surface area contributed by atoms with Crippen molar-refractivity contribution >= 4 is 17.6 Å². The minimum atomic E-state index is -0.489. The van der Waals surface area contributed by atoms with Crippen molar-refractivity contribution in [3.8, 4) is 5.88 Å². The lowest BCUT2D eigenvalue weighted by molar-refractivity contribution is -0.124. The van der Waals surface area contributed by atoms with Crippen molar-refractivity contribution in [3.63, 3.8) is 0 Å². The number of anilines is 1. The molecule has 3 N–H and O–H groups in total. The van der Waals surface area contributed by atoms with Crippen molar-refractivity contribution in [2.45, 2.75) is 18.9 Å². The van der Waals surface area contributed by atoms with Crippen molar-refractivity contribution in [2.75, 3.05) is 19.0 Å². The number of carbonyl (C=O) groups is 2. The molecule has 0 spiro atoms. The van der Waals surface area contributed by atoms with E-state index >= 15 is 0 Å². The summed E-state index contributed by atoms with van der Waals surface area (Å²) in [5, 5.41) is 7.94. The first-order valence-corrected chi connectivity index (χ1v) is 6.05. The molecule has 1 fully saturated rings. The van der Waals surface area contributed by atoms with Gasteiger partial charge in [-0.2, -0.15) is 0 Å². The Hall–Kier alpha value is -2.31. The number of nitrogens with one attached hydrogen (secondary N) is 3. The lowest BCUT2D eigenvalue weighted by atomic mass is 10.1. The van der Waals surface area contributed by atoms with Crippen LogP contribution in [0.5, 0.6) is 5.88 Å². The van der Waals surface area contributed by atoms with Crippen molar-refractivity contribution < 1.29 is 14.3 Å². The third-order valence-corrected chi connectivity index (χ3v) is 2.80. The summed E-state index contributed by atoms with van der Waals surface area (Å²) in [4.78, 5) is 27.3. The number of piperidine rings is 1. The van der Waals surface area contributed by atoms with Gasteiger partial charge in [-0.15, -0.1) is 0 Å². The number of pyridine rings is 1. The van der Waals surface area contributed by atoms with Gasteiger partial charge in [-0.1, -0.05) is 0 Å². The smallest absolute Gasteiger partial charge is 0.320 e. The number of amides is 3. The number of methoxy groups -OCH3 is 1. The second-order valence-corrected chi connectivity index (χ2v) is 4.14. The predicted octanol–water partition coefficient (Wildman–Crippen LogP) is 0.490. The van der Waals surface area contributed by atoms with E-state index in [-0.39, 0.29) is 5.91 Å². The maximum Gasteiger partial charge on any atom is 0.320 e. The average Bonchev–Trinajstić information content (AvgIpc) is 2.42. The zero-order valence-corrected chi connectivity index (χ0v) is 10.6. The lowest BCUT2D eigenvalue weighted by Crippen LogP contribution is -2.51. The molecule has 0 aromatic carbocycles. The van der Waals surface area contributed by atoms with Gasteiger partial charge in [0.25, 0.3) is 0 Å². The standard InChI is InChI=1S/C12H16N4O3/c1-19-11-9(5-3-7-14-11)16-12(18)15-8-4-2-6-13-10(8)17/h3,5,7-8H,2,4,6H2,1H3,(H,13,17)(H2,15,16,18). The predicted molar refractivity (Wildman–Crippen MR) is 69.0 cm³/mol. The first kappa shape index (κ1) is 13.1. The largest absolute Gasteiger partial charge is 0.480 e. The van der Waals surface area contributed by atoms with Gasteiger partial charge < -0.3 is 20.7 Å². The first-order valence-electron chi connectivity index (χ1n) is 6.05. The van der Waals surface area contributed by atoms with E-state index in [0.29, 0.717) is 24.5 Å². The van der Waals surface area contributed by atoms with E-state index in [0.717, 1.165) is 6.42 Å². The van der Waals surface area contributed by atoms with Gasteiger partial charge in [-0.05, 0) is 25.0 Å². The number of aromatic nitrogens is 1. The highest BCUT2D eigenvalue weighted by Gasteiger charge is 2.23. The maximum absolute atomic E-state index is 11.8. The molecule has 1 atom stereocenters. The highest BCUT2D eigenvalue weighted by molar-refractivity contribution is 5.94. The minimum absolute atomic E-state index is 0.153. The van der Waals surface area contributed by atoms with Crippen LogP contribution in [0.2, 0.25) is 0 Å². The third-order valence-electron chi connectivity index (χ3n) is 2.80. The van der Waals surface area contributed by atoms with Gasteiger partial charge in [0.15, 0.2) is 0 Å². The monoisotopic (exact) mass is 264 g/mol. The van der Waals surface area contributed by atoms with Crippen LogP contribution in [0.1, 0.15) is 12.8 Å². The van der Waals surface area contributed by atoms with Crippen molar-refractivity contribution in [3.05, 3.63) is 18.3 Å². The first-order chi connectivity index (χ1) is 9.20. The van der Waals surface area contributed by atoms with Crippen LogP contribution < -0.4 is 20.7 Å². The van der Waals surface area contributed by atoms with E-state index < -0.39 is 12.1 Å². The lowest BCUT2D eigenvalue weighted by Gasteiger charge is -2.22. The molecule has 0 aliphatic carbocycles. The molecule has 102 valence electrons. The highest BCUT2D eigenvalue weighted by Crippen LogP contribution is 2.19. The quantitative estimate of drug-likeness (QED) is 0.740. The zero-order valence-electron chi connectivity index (χ0n) is 10.6. The molecule has 1 aliphatic rings.